The number of carbonyl (C=O) groups excluding carboxylic acids is 1. The van der Waals surface area contributed by atoms with Crippen LogP contribution in [0.4, 0.5) is 0 Å². The second kappa shape index (κ2) is 6.74. The second-order valence-electron chi connectivity index (χ2n) is 4.75. The Kier molecular flexibility index (Phi) is 5.00. The molecule has 1 amide bonds. The maximum Gasteiger partial charge on any atom is 0.305 e. The number of rotatable bonds is 4. The third-order valence-electron chi connectivity index (χ3n) is 3.30. The van der Waals surface area contributed by atoms with Crippen LogP contribution in [0.1, 0.15) is 31.4 Å². The molecule has 1 fully saturated rings. The molecule has 0 saturated carbocycles. The number of amides is 1. The van der Waals surface area contributed by atoms with Gasteiger partial charge in [0, 0.05) is 18.7 Å². The van der Waals surface area contributed by atoms with Crippen molar-refractivity contribution in [2.24, 2.45) is 0 Å². The molecule has 0 aromatic carbocycles. The van der Waals surface area contributed by atoms with Gasteiger partial charge in [0.2, 0.25) is 5.91 Å². The lowest BCUT2D eigenvalue weighted by Crippen LogP contribution is -2.44. The molecule has 0 bridgehead atoms. The SMILES string of the molecule is O=C(O)CC1CCCCN1C(=O)/C=C/c1ccc(Br)o1. The summed E-state index contributed by atoms with van der Waals surface area (Å²) in [5.74, 6) is -0.450. The summed E-state index contributed by atoms with van der Waals surface area (Å²) in [6.07, 6.45) is 5.67. The van der Waals surface area contributed by atoms with Gasteiger partial charge in [-0.05, 0) is 53.4 Å². The zero-order valence-electron chi connectivity index (χ0n) is 10.9. The van der Waals surface area contributed by atoms with Crippen LogP contribution in [0.2, 0.25) is 0 Å². The molecule has 2 rings (SSSR count). The van der Waals surface area contributed by atoms with E-state index in [9.17, 15) is 9.59 Å². The van der Waals surface area contributed by atoms with Gasteiger partial charge >= 0.3 is 5.97 Å². The maximum absolute atomic E-state index is 12.2. The first-order chi connectivity index (χ1) is 9.56. The molecule has 1 aromatic heterocycles. The molecule has 0 radical (unpaired) electrons. The number of carbonyl (C=O) groups is 2. The Balaban J connectivity index is 2.02. The topological polar surface area (TPSA) is 70.8 Å². The third kappa shape index (κ3) is 3.96. The van der Waals surface area contributed by atoms with Crippen LogP contribution in [0.25, 0.3) is 6.08 Å². The van der Waals surface area contributed by atoms with E-state index in [1.165, 1.54) is 6.08 Å². The molecule has 1 aliphatic heterocycles. The number of furan rings is 1. The molecule has 1 atom stereocenters. The fourth-order valence-electron chi connectivity index (χ4n) is 2.37. The molecule has 1 unspecified atom stereocenters. The van der Waals surface area contributed by atoms with Gasteiger partial charge in [-0.2, -0.15) is 0 Å². The zero-order valence-corrected chi connectivity index (χ0v) is 12.5. The van der Waals surface area contributed by atoms with E-state index < -0.39 is 5.97 Å². The molecular formula is C14H16BrNO4. The van der Waals surface area contributed by atoms with Crippen LogP contribution < -0.4 is 0 Å². The lowest BCUT2D eigenvalue weighted by Gasteiger charge is -2.34. The Labute approximate surface area is 125 Å². The number of nitrogens with zero attached hydrogens (tertiary/aromatic N) is 1. The van der Waals surface area contributed by atoms with Crippen LogP contribution in [0, 0.1) is 0 Å². The van der Waals surface area contributed by atoms with Crippen molar-refractivity contribution in [3.05, 3.63) is 28.6 Å². The Morgan fingerprint density at radius 3 is 2.90 bits per heavy atom. The van der Waals surface area contributed by atoms with Crippen molar-refractivity contribution in [3.63, 3.8) is 0 Å². The maximum atomic E-state index is 12.2. The van der Waals surface area contributed by atoms with Crippen molar-refractivity contribution in [2.75, 3.05) is 6.54 Å². The molecule has 1 N–H and O–H groups in total. The molecule has 5 nitrogen and oxygen atoms in total. The average molecular weight is 342 g/mol. The van der Waals surface area contributed by atoms with Crippen molar-refractivity contribution in [1.82, 2.24) is 4.90 Å². The molecule has 1 aliphatic rings. The summed E-state index contributed by atoms with van der Waals surface area (Å²) < 4.78 is 5.88. The summed E-state index contributed by atoms with van der Waals surface area (Å²) in [5.41, 5.74) is 0. The monoisotopic (exact) mass is 341 g/mol. The van der Waals surface area contributed by atoms with Gasteiger partial charge in [-0.3, -0.25) is 9.59 Å². The minimum atomic E-state index is -0.867. The van der Waals surface area contributed by atoms with Gasteiger partial charge in [-0.25, -0.2) is 0 Å². The largest absolute Gasteiger partial charge is 0.481 e. The molecule has 1 aromatic rings. The fraction of sp³-hybridized carbons (Fsp3) is 0.429. The minimum absolute atomic E-state index is 0.00583. The van der Waals surface area contributed by atoms with Crippen LogP contribution in [0.15, 0.2) is 27.3 Å². The van der Waals surface area contributed by atoms with Gasteiger partial charge in [0.25, 0.3) is 0 Å². The number of carboxylic acids is 1. The van der Waals surface area contributed by atoms with Crippen molar-refractivity contribution in [2.45, 2.75) is 31.7 Å². The van der Waals surface area contributed by atoms with Crippen LogP contribution in [0.3, 0.4) is 0 Å². The van der Waals surface area contributed by atoms with Crippen molar-refractivity contribution < 1.29 is 19.1 Å². The van der Waals surface area contributed by atoms with Crippen molar-refractivity contribution >= 4 is 33.9 Å². The van der Waals surface area contributed by atoms with Gasteiger partial charge in [-0.15, -0.1) is 0 Å². The number of piperidine rings is 1. The second-order valence-corrected chi connectivity index (χ2v) is 5.54. The predicted octanol–water partition coefficient (Wildman–Crippen LogP) is 2.91. The molecule has 6 heteroatoms. The Bertz CT molecular complexity index is 523. The molecular weight excluding hydrogens is 326 g/mol. The summed E-state index contributed by atoms with van der Waals surface area (Å²) in [6.45, 7) is 0.614. The normalized spacial score (nSPS) is 19.4. The average Bonchev–Trinajstić information content (AvgIpc) is 2.82. The van der Waals surface area contributed by atoms with E-state index >= 15 is 0 Å². The zero-order chi connectivity index (χ0) is 14.5. The smallest absolute Gasteiger partial charge is 0.305 e. The number of halogens is 1. The van der Waals surface area contributed by atoms with E-state index in [4.69, 9.17) is 9.52 Å². The molecule has 1 saturated heterocycles. The van der Waals surface area contributed by atoms with Crippen molar-refractivity contribution in [3.8, 4) is 0 Å². The van der Waals surface area contributed by atoms with E-state index in [1.54, 1.807) is 23.1 Å². The van der Waals surface area contributed by atoms with Crippen LogP contribution in [-0.2, 0) is 9.59 Å². The molecule has 0 aliphatic carbocycles. The van der Waals surface area contributed by atoms with Gasteiger partial charge < -0.3 is 14.4 Å². The first-order valence-electron chi connectivity index (χ1n) is 6.52. The number of aliphatic carboxylic acids is 1. The van der Waals surface area contributed by atoms with Crippen LogP contribution >= 0.6 is 15.9 Å². The highest BCUT2D eigenvalue weighted by molar-refractivity contribution is 9.10. The highest BCUT2D eigenvalue weighted by Gasteiger charge is 2.27. The van der Waals surface area contributed by atoms with Crippen LogP contribution in [0.5, 0.6) is 0 Å². The summed E-state index contributed by atoms with van der Waals surface area (Å²) in [4.78, 5) is 24.6. The fourth-order valence-corrected chi connectivity index (χ4v) is 2.69. The predicted molar refractivity (Wildman–Crippen MR) is 77.0 cm³/mol. The number of carboxylic acid groups (broad SMARTS) is 1. The van der Waals surface area contributed by atoms with E-state index in [2.05, 4.69) is 15.9 Å². The molecule has 2 heterocycles. The van der Waals surface area contributed by atoms with E-state index in [1.807, 2.05) is 0 Å². The summed E-state index contributed by atoms with van der Waals surface area (Å²) in [5, 5.41) is 8.90. The molecule has 20 heavy (non-hydrogen) atoms. The molecule has 108 valence electrons. The lowest BCUT2D eigenvalue weighted by atomic mass is 9.99. The summed E-state index contributed by atoms with van der Waals surface area (Å²) >= 11 is 3.19. The van der Waals surface area contributed by atoms with Crippen LogP contribution in [-0.4, -0.2) is 34.5 Å². The van der Waals surface area contributed by atoms with Gasteiger partial charge in [0.1, 0.15) is 5.76 Å². The third-order valence-corrected chi connectivity index (χ3v) is 3.73. The first-order valence-corrected chi connectivity index (χ1v) is 7.31. The van der Waals surface area contributed by atoms with Gasteiger partial charge in [0.15, 0.2) is 4.67 Å². The highest BCUT2D eigenvalue weighted by atomic mass is 79.9. The summed E-state index contributed by atoms with van der Waals surface area (Å²) in [7, 11) is 0. The summed E-state index contributed by atoms with van der Waals surface area (Å²) in [6, 6.07) is 3.29. The quantitative estimate of drug-likeness (QED) is 0.854. The lowest BCUT2D eigenvalue weighted by molar-refractivity contribution is -0.140. The Hall–Kier alpha value is -1.56. The first kappa shape index (κ1) is 14.8. The highest BCUT2D eigenvalue weighted by Crippen LogP contribution is 2.21. The number of likely N-dealkylation sites (tertiary alicyclic amines) is 1. The number of hydrogen-bond donors (Lipinski definition) is 1. The molecule has 0 spiro atoms. The Morgan fingerprint density at radius 1 is 1.45 bits per heavy atom. The van der Waals surface area contributed by atoms with Gasteiger partial charge in [0.05, 0.1) is 6.42 Å². The van der Waals surface area contributed by atoms with Crippen molar-refractivity contribution in [1.29, 1.82) is 0 Å². The Morgan fingerprint density at radius 2 is 2.25 bits per heavy atom. The van der Waals surface area contributed by atoms with E-state index in [0.29, 0.717) is 17.0 Å². The number of hydrogen-bond acceptors (Lipinski definition) is 3. The van der Waals surface area contributed by atoms with Gasteiger partial charge in [-0.1, -0.05) is 0 Å². The van der Waals surface area contributed by atoms with E-state index in [-0.39, 0.29) is 18.4 Å². The standard InChI is InChI=1S/C14H16BrNO4/c15-12-6-4-11(20-12)5-7-13(17)16-8-2-1-3-10(16)9-14(18)19/h4-7,10H,1-3,8-9H2,(H,18,19)/b7-5+. The minimum Gasteiger partial charge on any atom is -0.481 e. The van der Waals surface area contributed by atoms with E-state index in [0.717, 1.165) is 19.3 Å².